The molecule has 2 N–H and O–H groups in total. The molecule has 6 heteroatoms. The predicted octanol–water partition coefficient (Wildman–Crippen LogP) is 3.54. The van der Waals surface area contributed by atoms with Gasteiger partial charge in [-0.15, -0.1) is 0 Å². The van der Waals surface area contributed by atoms with Crippen molar-refractivity contribution in [2.45, 2.75) is 32.2 Å². The molecule has 0 aliphatic carbocycles. The van der Waals surface area contributed by atoms with Gasteiger partial charge in [-0.1, -0.05) is 12.1 Å². The first kappa shape index (κ1) is 18.3. The Bertz CT molecular complexity index is 1050. The van der Waals surface area contributed by atoms with Crippen molar-refractivity contribution in [1.82, 2.24) is 19.8 Å². The number of nitrogens with one attached hydrogen (secondary N) is 2. The second-order valence-electron chi connectivity index (χ2n) is 7.57. The van der Waals surface area contributed by atoms with Crippen LogP contribution < -0.4 is 5.32 Å². The highest BCUT2D eigenvalue weighted by atomic mass is 16.2. The van der Waals surface area contributed by atoms with Crippen LogP contribution in [0.5, 0.6) is 0 Å². The van der Waals surface area contributed by atoms with E-state index in [9.17, 15) is 9.59 Å². The quantitative estimate of drug-likeness (QED) is 0.732. The zero-order valence-corrected chi connectivity index (χ0v) is 16.6. The van der Waals surface area contributed by atoms with Crippen LogP contribution in [0.4, 0.5) is 0 Å². The largest absolute Gasteiger partial charge is 0.354 e. The second-order valence-corrected chi connectivity index (χ2v) is 7.57. The van der Waals surface area contributed by atoms with Crippen LogP contribution in [0.3, 0.4) is 0 Å². The van der Waals surface area contributed by atoms with Crippen LogP contribution in [0, 0.1) is 6.92 Å². The predicted molar refractivity (Wildman–Crippen MR) is 109 cm³/mol. The van der Waals surface area contributed by atoms with E-state index in [1.54, 1.807) is 7.05 Å². The number of piperidine rings is 1. The number of hydrogen-bond donors (Lipinski definition) is 2. The van der Waals surface area contributed by atoms with Gasteiger partial charge in [-0.05, 0) is 56.0 Å². The van der Waals surface area contributed by atoms with E-state index in [0.717, 1.165) is 48.0 Å². The Morgan fingerprint density at radius 3 is 2.75 bits per heavy atom. The standard InChI is InChI=1S/C22H26N4O2/c1-14-7-8-15-13-17(24-16(15)12-14)22(28)26-11-5-4-6-19(26)18-9-10-20(25(18)3)21(27)23-2/h7-10,12-13,19,24H,4-6,11H2,1-3H3,(H,23,27)/t19-/m0/s1. The number of aromatic nitrogens is 2. The number of likely N-dealkylation sites (tertiary alicyclic amines) is 1. The van der Waals surface area contributed by atoms with Crippen LogP contribution in [0.1, 0.15) is 57.5 Å². The first-order chi connectivity index (χ1) is 13.5. The molecule has 1 aliphatic heterocycles. The summed E-state index contributed by atoms with van der Waals surface area (Å²) in [4.78, 5) is 30.7. The number of carbonyl (C=O) groups is 2. The van der Waals surface area contributed by atoms with E-state index >= 15 is 0 Å². The molecule has 2 aromatic heterocycles. The minimum atomic E-state index is -0.117. The molecule has 1 saturated heterocycles. The highest BCUT2D eigenvalue weighted by Gasteiger charge is 2.31. The summed E-state index contributed by atoms with van der Waals surface area (Å²) in [6.07, 6.45) is 2.96. The summed E-state index contributed by atoms with van der Waals surface area (Å²) in [6.45, 7) is 2.76. The van der Waals surface area contributed by atoms with Crippen molar-refractivity contribution in [3.8, 4) is 0 Å². The number of carbonyl (C=O) groups excluding carboxylic acids is 2. The molecule has 4 rings (SSSR count). The summed E-state index contributed by atoms with van der Waals surface area (Å²) in [7, 11) is 3.52. The molecule has 3 aromatic rings. The highest BCUT2D eigenvalue weighted by molar-refractivity contribution is 5.98. The molecule has 1 atom stereocenters. The number of rotatable bonds is 3. The zero-order chi connectivity index (χ0) is 19.8. The molecule has 6 nitrogen and oxygen atoms in total. The third-order valence-electron chi connectivity index (χ3n) is 5.73. The van der Waals surface area contributed by atoms with Gasteiger partial charge in [0.05, 0.1) is 6.04 Å². The van der Waals surface area contributed by atoms with Gasteiger partial charge in [0.1, 0.15) is 11.4 Å². The van der Waals surface area contributed by atoms with Crippen molar-refractivity contribution in [3.63, 3.8) is 0 Å². The number of H-pyrrole nitrogens is 1. The number of nitrogens with zero attached hydrogens (tertiary/aromatic N) is 2. The summed E-state index contributed by atoms with van der Waals surface area (Å²) in [5.41, 5.74) is 4.37. The van der Waals surface area contributed by atoms with E-state index in [1.807, 2.05) is 47.7 Å². The van der Waals surface area contributed by atoms with Crippen molar-refractivity contribution in [2.75, 3.05) is 13.6 Å². The van der Waals surface area contributed by atoms with Gasteiger partial charge in [-0.2, -0.15) is 0 Å². The van der Waals surface area contributed by atoms with E-state index < -0.39 is 0 Å². The molecule has 0 spiro atoms. The third kappa shape index (κ3) is 3.09. The van der Waals surface area contributed by atoms with Crippen LogP contribution in [0.25, 0.3) is 10.9 Å². The SMILES string of the molecule is CNC(=O)c1ccc([C@@H]2CCCCN2C(=O)c2cc3ccc(C)cc3[nH]2)n1C. The molecule has 1 fully saturated rings. The van der Waals surface area contributed by atoms with Crippen molar-refractivity contribution in [1.29, 1.82) is 0 Å². The molecule has 0 radical (unpaired) electrons. The Hall–Kier alpha value is -3.02. The average Bonchev–Trinajstić information content (AvgIpc) is 3.30. The van der Waals surface area contributed by atoms with Crippen molar-refractivity contribution in [3.05, 3.63) is 59.0 Å². The lowest BCUT2D eigenvalue weighted by Crippen LogP contribution is -2.39. The number of aromatic amines is 1. The smallest absolute Gasteiger partial charge is 0.270 e. The maximum absolute atomic E-state index is 13.4. The Morgan fingerprint density at radius 2 is 1.96 bits per heavy atom. The zero-order valence-electron chi connectivity index (χ0n) is 16.6. The Kier molecular flexibility index (Phi) is 4.71. The van der Waals surface area contributed by atoms with Crippen LogP contribution >= 0.6 is 0 Å². The molecule has 0 bridgehead atoms. The van der Waals surface area contributed by atoms with E-state index in [-0.39, 0.29) is 17.9 Å². The molecule has 146 valence electrons. The summed E-state index contributed by atoms with van der Waals surface area (Å²) >= 11 is 0. The first-order valence-electron chi connectivity index (χ1n) is 9.77. The monoisotopic (exact) mass is 378 g/mol. The minimum Gasteiger partial charge on any atom is -0.354 e. The fraction of sp³-hybridized carbons (Fsp3) is 0.364. The van der Waals surface area contributed by atoms with Crippen molar-refractivity contribution >= 4 is 22.7 Å². The lowest BCUT2D eigenvalue weighted by molar-refractivity contribution is 0.0597. The third-order valence-corrected chi connectivity index (χ3v) is 5.73. The van der Waals surface area contributed by atoms with Gasteiger partial charge in [-0.25, -0.2) is 0 Å². The van der Waals surface area contributed by atoms with Crippen molar-refractivity contribution in [2.24, 2.45) is 7.05 Å². The van der Waals surface area contributed by atoms with E-state index in [4.69, 9.17) is 0 Å². The van der Waals surface area contributed by atoms with Crippen LogP contribution in [-0.2, 0) is 7.05 Å². The summed E-state index contributed by atoms with van der Waals surface area (Å²) in [5, 5.41) is 3.72. The Balaban J connectivity index is 1.67. The van der Waals surface area contributed by atoms with Gasteiger partial charge in [0.25, 0.3) is 11.8 Å². The van der Waals surface area contributed by atoms with Gasteiger partial charge < -0.3 is 19.8 Å². The van der Waals surface area contributed by atoms with E-state index in [1.165, 1.54) is 0 Å². The van der Waals surface area contributed by atoms with Gasteiger partial charge in [0.15, 0.2) is 0 Å². The molecular weight excluding hydrogens is 352 g/mol. The highest BCUT2D eigenvalue weighted by Crippen LogP contribution is 2.33. The van der Waals surface area contributed by atoms with Gasteiger partial charge >= 0.3 is 0 Å². The van der Waals surface area contributed by atoms with E-state index in [2.05, 4.69) is 22.4 Å². The van der Waals surface area contributed by atoms with Crippen LogP contribution in [0.2, 0.25) is 0 Å². The molecule has 3 heterocycles. The molecular formula is C22H26N4O2. The van der Waals surface area contributed by atoms with E-state index in [0.29, 0.717) is 11.4 Å². The van der Waals surface area contributed by atoms with Gasteiger partial charge in [0.2, 0.25) is 0 Å². The van der Waals surface area contributed by atoms with Crippen LogP contribution in [0.15, 0.2) is 36.4 Å². The number of benzene rings is 1. The maximum atomic E-state index is 13.4. The second kappa shape index (κ2) is 7.19. The normalized spacial score (nSPS) is 17.1. The Morgan fingerprint density at radius 1 is 1.14 bits per heavy atom. The topological polar surface area (TPSA) is 70.1 Å². The lowest BCUT2D eigenvalue weighted by Gasteiger charge is -2.36. The van der Waals surface area contributed by atoms with Crippen LogP contribution in [-0.4, -0.2) is 39.9 Å². The molecule has 0 unspecified atom stereocenters. The number of hydrogen-bond acceptors (Lipinski definition) is 2. The fourth-order valence-electron chi connectivity index (χ4n) is 4.21. The number of aryl methyl sites for hydroxylation is 1. The fourth-order valence-corrected chi connectivity index (χ4v) is 4.21. The van der Waals surface area contributed by atoms with Crippen molar-refractivity contribution < 1.29 is 9.59 Å². The number of fused-ring (bicyclic) bond motifs is 1. The summed E-state index contributed by atoms with van der Waals surface area (Å²) in [6, 6.07) is 11.9. The summed E-state index contributed by atoms with van der Waals surface area (Å²) in [5.74, 6) is -0.102. The maximum Gasteiger partial charge on any atom is 0.270 e. The molecule has 1 aromatic carbocycles. The average molecular weight is 378 g/mol. The Labute approximate surface area is 164 Å². The van der Waals surface area contributed by atoms with Gasteiger partial charge in [0, 0.05) is 37.2 Å². The lowest BCUT2D eigenvalue weighted by atomic mass is 9.98. The number of amides is 2. The molecule has 2 amide bonds. The molecule has 28 heavy (non-hydrogen) atoms. The molecule has 0 saturated carbocycles. The first-order valence-corrected chi connectivity index (χ1v) is 9.77. The summed E-state index contributed by atoms with van der Waals surface area (Å²) < 4.78 is 1.91. The minimum absolute atomic E-state index is 0.0150. The van der Waals surface area contributed by atoms with Gasteiger partial charge in [-0.3, -0.25) is 9.59 Å². The molecule has 1 aliphatic rings.